The summed E-state index contributed by atoms with van der Waals surface area (Å²) >= 11 is 0. The molecule has 0 nitrogen and oxygen atoms in total. The molecule has 2 aromatic carbocycles. The van der Waals surface area contributed by atoms with Gasteiger partial charge in [-0.2, -0.15) is 0 Å². The lowest BCUT2D eigenvalue weighted by Crippen LogP contribution is -2.02. The number of hydrogen-bond donors (Lipinski definition) is 0. The summed E-state index contributed by atoms with van der Waals surface area (Å²) in [7, 11) is 0. The van der Waals surface area contributed by atoms with Crippen molar-refractivity contribution in [3.63, 3.8) is 0 Å². The third-order valence-electron chi connectivity index (χ3n) is 4.75. The van der Waals surface area contributed by atoms with Crippen molar-refractivity contribution in [1.82, 2.24) is 0 Å². The first kappa shape index (κ1) is 18.3. The zero-order valence-corrected chi connectivity index (χ0v) is 15.1. The third kappa shape index (κ3) is 3.70. The van der Waals surface area contributed by atoms with Crippen molar-refractivity contribution in [1.29, 1.82) is 0 Å². The minimum atomic E-state index is -0.970. The standard InChI is InChI=1S/C23H21F3/c1-3-5-15-6-7-18-13-19(21(24)14-20(18)12-15)11-10-17-9-8-16(4-2)22(25)23(17)26/h8-9,12-14H,3-7H2,1-2H3. The van der Waals surface area contributed by atoms with E-state index in [1.54, 1.807) is 13.0 Å². The van der Waals surface area contributed by atoms with Crippen LogP contribution >= 0.6 is 0 Å². The van der Waals surface area contributed by atoms with Crippen molar-refractivity contribution in [2.45, 2.75) is 46.0 Å². The Hall–Kier alpha value is -2.47. The monoisotopic (exact) mass is 354 g/mol. The molecule has 3 rings (SSSR count). The number of benzene rings is 2. The molecule has 0 unspecified atom stereocenters. The van der Waals surface area contributed by atoms with Crippen LogP contribution in [-0.4, -0.2) is 0 Å². The molecule has 0 bridgehead atoms. The lowest BCUT2D eigenvalue weighted by Gasteiger charge is -2.16. The van der Waals surface area contributed by atoms with Crippen molar-refractivity contribution >= 4 is 6.08 Å². The maximum atomic E-state index is 14.4. The quantitative estimate of drug-likeness (QED) is 0.576. The number of fused-ring (bicyclic) bond motifs is 1. The van der Waals surface area contributed by atoms with Crippen LogP contribution in [0.3, 0.4) is 0 Å². The van der Waals surface area contributed by atoms with Gasteiger partial charge in [0.15, 0.2) is 11.6 Å². The molecule has 26 heavy (non-hydrogen) atoms. The van der Waals surface area contributed by atoms with Crippen LogP contribution in [0.5, 0.6) is 0 Å². The second kappa shape index (κ2) is 7.83. The minimum Gasteiger partial charge on any atom is -0.206 e. The number of aryl methyl sites for hydroxylation is 2. The molecular weight excluding hydrogens is 333 g/mol. The molecule has 1 aliphatic rings. The largest absolute Gasteiger partial charge is 0.206 e. The predicted molar refractivity (Wildman–Crippen MR) is 99.3 cm³/mol. The van der Waals surface area contributed by atoms with E-state index < -0.39 is 17.5 Å². The first-order valence-corrected chi connectivity index (χ1v) is 9.04. The Morgan fingerprint density at radius 3 is 2.42 bits per heavy atom. The Balaban J connectivity index is 1.94. The van der Waals surface area contributed by atoms with E-state index in [-0.39, 0.29) is 11.1 Å². The number of allylic oxidation sites excluding steroid dienone is 1. The fourth-order valence-electron chi connectivity index (χ4n) is 3.28. The van der Waals surface area contributed by atoms with Crippen LogP contribution in [0, 0.1) is 29.3 Å². The highest BCUT2D eigenvalue weighted by molar-refractivity contribution is 5.62. The molecule has 0 aromatic heterocycles. The zero-order valence-electron chi connectivity index (χ0n) is 15.1. The molecule has 0 spiro atoms. The van der Waals surface area contributed by atoms with E-state index >= 15 is 0 Å². The number of rotatable bonds is 3. The SMILES string of the molecule is CCCC1=Cc2cc(F)c(C#Cc3ccc(CC)c(F)c3F)cc2CC1. The summed E-state index contributed by atoms with van der Waals surface area (Å²) in [6, 6.07) is 6.18. The molecule has 0 fully saturated rings. The Morgan fingerprint density at radius 2 is 1.69 bits per heavy atom. The van der Waals surface area contributed by atoms with E-state index in [2.05, 4.69) is 24.8 Å². The molecule has 0 saturated heterocycles. The van der Waals surface area contributed by atoms with E-state index in [0.717, 1.165) is 36.8 Å². The van der Waals surface area contributed by atoms with E-state index in [9.17, 15) is 13.2 Å². The van der Waals surface area contributed by atoms with E-state index in [1.807, 2.05) is 0 Å². The lowest BCUT2D eigenvalue weighted by molar-refractivity contribution is 0.498. The van der Waals surface area contributed by atoms with Crippen LogP contribution in [0.1, 0.15) is 60.9 Å². The van der Waals surface area contributed by atoms with Gasteiger partial charge >= 0.3 is 0 Å². The van der Waals surface area contributed by atoms with Gasteiger partial charge in [0.05, 0.1) is 11.1 Å². The highest BCUT2D eigenvalue weighted by Gasteiger charge is 2.14. The lowest BCUT2D eigenvalue weighted by atomic mass is 9.89. The topological polar surface area (TPSA) is 0 Å². The van der Waals surface area contributed by atoms with Gasteiger partial charge in [-0.25, -0.2) is 13.2 Å². The molecule has 134 valence electrons. The molecule has 2 aromatic rings. The van der Waals surface area contributed by atoms with Gasteiger partial charge in [0, 0.05) is 0 Å². The second-order valence-electron chi connectivity index (χ2n) is 6.59. The first-order chi connectivity index (χ1) is 12.5. The summed E-state index contributed by atoms with van der Waals surface area (Å²) < 4.78 is 42.3. The molecule has 0 saturated carbocycles. The highest BCUT2D eigenvalue weighted by Crippen LogP contribution is 2.28. The van der Waals surface area contributed by atoms with Gasteiger partial charge in [-0.1, -0.05) is 49.8 Å². The maximum Gasteiger partial charge on any atom is 0.174 e. The summed E-state index contributed by atoms with van der Waals surface area (Å²) in [5.74, 6) is 2.97. The Kier molecular flexibility index (Phi) is 5.52. The van der Waals surface area contributed by atoms with Crippen molar-refractivity contribution < 1.29 is 13.2 Å². The molecular formula is C23H21F3. The molecule has 0 heterocycles. The van der Waals surface area contributed by atoms with Crippen molar-refractivity contribution in [3.05, 3.63) is 75.1 Å². The van der Waals surface area contributed by atoms with Gasteiger partial charge in [-0.15, -0.1) is 0 Å². The average molecular weight is 354 g/mol. The highest BCUT2D eigenvalue weighted by atomic mass is 19.2. The maximum absolute atomic E-state index is 14.4. The van der Waals surface area contributed by atoms with Crippen LogP contribution in [0.4, 0.5) is 13.2 Å². The third-order valence-corrected chi connectivity index (χ3v) is 4.75. The van der Waals surface area contributed by atoms with Gasteiger partial charge in [0.25, 0.3) is 0 Å². The number of hydrogen-bond acceptors (Lipinski definition) is 0. The van der Waals surface area contributed by atoms with Gasteiger partial charge in [0.2, 0.25) is 0 Å². The number of halogens is 3. The molecule has 0 N–H and O–H groups in total. The molecule has 0 amide bonds. The van der Waals surface area contributed by atoms with E-state index in [1.165, 1.54) is 23.8 Å². The first-order valence-electron chi connectivity index (χ1n) is 9.04. The Morgan fingerprint density at radius 1 is 0.923 bits per heavy atom. The fourth-order valence-corrected chi connectivity index (χ4v) is 3.28. The summed E-state index contributed by atoms with van der Waals surface area (Å²) in [4.78, 5) is 0. The normalized spacial score (nSPS) is 12.9. The van der Waals surface area contributed by atoms with Crippen LogP contribution in [0.15, 0.2) is 29.8 Å². The second-order valence-corrected chi connectivity index (χ2v) is 6.59. The summed E-state index contributed by atoms with van der Waals surface area (Å²) in [6.45, 7) is 3.89. The van der Waals surface area contributed by atoms with Crippen LogP contribution in [-0.2, 0) is 12.8 Å². The average Bonchev–Trinajstić information content (AvgIpc) is 2.63. The smallest absolute Gasteiger partial charge is 0.174 e. The minimum absolute atomic E-state index is 0.0538. The zero-order chi connectivity index (χ0) is 18.7. The Labute approximate surface area is 152 Å². The predicted octanol–water partition coefficient (Wildman–Crippen LogP) is 6.20. The van der Waals surface area contributed by atoms with Crippen molar-refractivity contribution in [2.75, 3.05) is 0 Å². The summed E-state index contributed by atoms with van der Waals surface area (Å²) in [5.41, 5.74) is 3.75. The molecule has 0 aliphatic heterocycles. The van der Waals surface area contributed by atoms with E-state index in [4.69, 9.17) is 0 Å². The van der Waals surface area contributed by atoms with Crippen LogP contribution in [0.25, 0.3) is 6.08 Å². The van der Waals surface area contributed by atoms with Crippen LogP contribution < -0.4 is 0 Å². The fraction of sp³-hybridized carbons (Fsp3) is 0.304. The molecule has 0 radical (unpaired) electrons. The van der Waals surface area contributed by atoms with Gasteiger partial charge in [0.1, 0.15) is 5.82 Å². The Bertz CT molecular complexity index is 927. The molecule has 3 heteroatoms. The van der Waals surface area contributed by atoms with Gasteiger partial charge in [-0.05, 0) is 60.6 Å². The van der Waals surface area contributed by atoms with Crippen LogP contribution in [0.2, 0.25) is 0 Å². The van der Waals surface area contributed by atoms with Gasteiger partial charge in [-0.3, -0.25) is 0 Å². The summed E-state index contributed by atoms with van der Waals surface area (Å²) in [5, 5.41) is 0. The summed E-state index contributed by atoms with van der Waals surface area (Å²) in [6.07, 6.45) is 6.39. The van der Waals surface area contributed by atoms with Crippen molar-refractivity contribution in [3.8, 4) is 11.8 Å². The molecule has 1 aliphatic carbocycles. The van der Waals surface area contributed by atoms with E-state index in [0.29, 0.717) is 12.0 Å². The molecule has 0 atom stereocenters. The van der Waals surface area contributed by atoms with Crippen molar-refractivity contribution in [2.24, 2.45) is 0 Å². The van der Waals surface area contributed by atoms with Gasteiger partial charge < -0.3 is 0 Å².